The maximum Gasteiger partial charge on any atom is 0.405 e. The average Bonchev–Trinajstić information content (AvgIpc) is 3.95. The van der Waals surface area contributed by atoms with Gasteiger partial charge in [-0.05, 0) is 56.9 Å². The van der Waals surface area contributed by atoms with Crippen molar-refractivity contribution in [2.75, 3.05) is 13.7 Å². The fourth-order valence-corrected chi connectivity index (χ4v) is 8.42. The largest absolute Gasteiger partial charge is 0.494 e. The van der Waals surface area contributed by atoms with Crippen LogP contribution in [0.15, 0.2) is 42.6 Å². The van der Waals surface area contributed by atoms with Gasteiger partial charge in [0.1, 0.15) is 29.5 Å². The Labute approximate surface area is 291 Å². The van der Waals surface area contributed by atoms with E-state index in [1.807, 2.05) is 43.3 Å². The first-order valence-electron chi connectivity index (χ1n) is 17.1. The molecule has 15 heteroatoms. The first-order valence-corrected chi connectivity index (χ1v) is 18.6. The number of allylic oxidation sites excluding steroid dienone is 1. The lowest BCUT2D eigenvalue weighted by Crippen LogP contribution is -2.59. The molecule has 3 fully saturated rings. The topological polar surface area (TPSA) is 193 Å². The maximum atomic E-state index is 14.3. The zero-order valence-corrected chi connectivity index (χ0v) is 29.5. The van der Waals surface area contributed by atoms with E-state index in [4.69, 9.17) is 9.47 Å². The number of carboxylic acid groups (broad SMARTS) is 1. The second-order valence-corrected chi connectivity index (χ2v) is 16.7. The Balaban J connectivity index is 1.34. The van der Waals surface area contributed by atoms with Crippen LogP contribution in [0.4, 0.5) is 4.79 Å². The van der Waals surface area contributed by atoms with Crippen LogP contribution >= 0.6 is 0 Å². The van der Waals surface area contributed by atoms with Gasteiger partial charge in [-0.25, -0.2) is 18.2 Å². The van der Waals surface area contributed by atoms with Gasteiger partial charge in [-0.15, -0.1) is 0 Å². The summed E-state index contributed by atoms with van der Waals surface area (Å²) in [5, 5.41) is 16.4. The number of amides is 4. The zero-order chi connectivity index (χ0) is 36.0. The normalized spacial score (nSPS) is 30.9. The molecule has 4 N–H and O–H groups in total. The fourth-order valence-electron chi connectivity index (χ4n) is 7.10. The third-order valence-electron chi connectivity index (χ3n) is 10.8. The number of pyridine rings is 1. The van der Waals surface area contributed by atoms with Crippen molar-refractivity contribution in [3.05, 3.63) is 42.6 Å². The Kier molecular flexibility index (Phi) is 9.48. The van der Waals surface area contributed by atoms with Gasteiger partial charge in [-0.2, -0.15) is 0 Å². The molecule has 6 rings (SSSR count). The van der Waals surface area contributed by atoms with Crippen molar-refractivity contribution in [1.82, 2.24) is 25.2 Å². The number of methoxy groups -OCH3 is 1. The molecule has 1 saturated heterocycles. The highest BCUT2D eigenvalue weighted by molar-refractivity contribution is 7.91. The highest BCUT2D eigenvalue weighted by Gasteiger charge is 2.63. The average molecular weight is 712 g/mol. The summed E-state index contributed by atoms with van der Waals surface area (Å²) in [6.07, 6.45) is 6.30. The summed E-state index contributed by atoms with van der Waals surface area (Å²) in [4.78, 5) is 60.0. The fraction of sp³-hybridized carbons (Fsp3) is 0.571. The van der Waals surface area contributed by atoms with Crippen LogP contribution in [0, 0.1) is 17.8 Å². The highest BCUT2D eigenvalue weighted by atomic mass is 32.2. The van der Waals surface area contributed by atoms with E-state index in [1.165, 1.54) is 18.2 Å². The predicted octanol–water partition coefficient (Wildman–Crippen LogP) is 3.11. The van der Waals surface area contributed by atoms with Gasteiger partial charge in [0, 0.05) is 23.1 Å². The number of aromatic nitrogens is 1. The smallest absolute Gasteiger partial charge is 0.405 e. The summed E-state index contributed by atoms with van der Waals surface area (Å²) in [6, 6.07) is 5.05. The van der Waals surface area contributed by atoms with Gasteiger partial charge in [0.25, 0.3) is 5.91 Å². The van der Waals surface area contributed by atoms with E-state index in [2.05, 4.69) is 20.3 Å². The van der Waals surface area contributed by atoms with Crippen molar-refractivity contribution < 1.29 is 42.2 Å². The molecule has 14 nitrogen and oxygen atoms in total. The number of carbonyl (C=O) groups excluding carboxylic acids is 3. The minimum Gasteiger partial charge on any atom is -0.494 e. The van der Waals surface area contributed by atoms with E-state index in [9.17, 15) is 32.7 Å². The number of hydrogen-bond donors (Lipinski definition) is 4. The molecule has 1 aromatic heterocycles. The third-order valence-corrected chi connectivity index (χ3v) is 12.9. The van der Waals surface area contributed by atoms with E-state index < -0.39 is 74.1 Å². The minimum absolute atomic E-state index is 0.0133. The van der Waals surface area contributed by atoms with E-state index in [1.54, 1.807) is 13.8 Å². The standard InChI is InChI=1S/C35H45N5O9S/c1-20-8-7-9-21(2)28(37-33(44)45)31(42)40-19-23(49-30-25-11-6-5-10-24(25)27(48-4)18-36-30)16-26(40)29(41)38-35(17-22(35)13-12-20)32(43)39-50(46,47)34(3)14-15-34/h5-6,10-13,18,20-23,26,28,37H,7-9,14-17,19H2,1-4H3,(H,38,41)(H,39,43)(H,44,45)/t20-,21-,22-,23-,26+,28+,35-/m1/s1. The lowest BCUT2D eigenvalue weighted by molar-refractivity contribution is -0.142. The molecule has 2 saturated carbocycles. The summed E-state index contributed by atoms with van der Waals surface area (Å²) in [6.45, 7) is 5.33. The van der Waals surface area contributed by atoms with Crippen molar-refractivity contribution in [3.8, 4) is 11.6 Å². The molecule has 0 spiro atoms. The van der Waals surface area contributed by atoms with E-state index in [0.29, 0.717) is 36.8 Å². The molecule has 4 amide bonds. The summed E-state index contributed by atoms with van der Waals surface area (Å²) < 4.78 is 39.2. The van der Waals surface area contributed by atoms with Crippen LogP contribution in [0.1, 0.15) is 65.7 Å². The Morgan fingerprint density at radius 3 is 2.50 bits per heavy atom. The van der Waals surface area contributed by atoms with Crippen LogP contribution in [0.25, 0.3) is 10.8 Å². The molecule has 270 valence electrons. The van der Waals surface area contributed by atoms with E-state index in [-0.39, 0.29) is 31.2 Å². The lowest BCUT2D eigenvalue weighted by Gasteiger charge is -2.31. The lowest BCUT2D eigenvalue weighted by atomic mass is 9.92. The van der Waals surface area contributed by atoms with Gasteiger partial charge in [0.15, 0.2) is 0 Å². The Bertz CT molecular complexity index is 1830. The first-order chi connectivity index (χ1) is 23.7. The van der Waals surface area contributed by atoms with Crippen LogP contribution in [0.5, 0.6) is 11.6 Å². The van der Waals surface area contributed by atoms with Crippen molar-refractivity contribution >= 4 is 44.6 Å². The number of rotatable bonds is 7. The minimum atomic E-state index is -4.00. The maximum absolute atomic E-state index is 14.3. The van der Waals surface area contributed by atoms with E-state index in [0.717, 1.165) is 11.8 Å². The Hall–Kier alpha value is -4.40. The molecule has 3 heterocycles. The van der Waals surface area contributed by atoms with Crippen molar-refractivity contribution in [1.29, 1.82) is 0 Å². The Morgan fingerprint density at radius 2 is 1.82 bits per heavy atom. The summed E-state index contributed by atoms with van der Waals surface area (Å²) in [5.41, 5.74) is -1.54. The molecule has 0 unspecified atom stereocenters. The van der Waals surface area contributed by atoms with Crippen LogP contribution in [0.3, 0.4) is 0 Å². The predicted molar refractivity (Wildman–Crippen MR) is 183 cm³/mol. The molecular weight excluding hydrogens is 666 g/mol. The van der Waals surface area contributed by atoms with Gasteiger partial charge >= 0.3 is 6.09 Å². The van der Waals surface area contributed by atoms with Gasteiger partial charge in [-0.1, -0.05) is 50.6 Å². The van der Waals surface area contributed by atoms with Crippen molar-refractivity contribution in [2.45, 2.75) is 94.2 Å². The summed E-state index contributed by atoms with van der Waals surface area (Å²) in [7, 11) is -2.46. The van der Waals surface area contributed by atoms with Crippen LogP contribution in [-0.4, -0.2) is 89.4 Å². The molecule has 0 radical (unpaired) electrons. The van der Waals surface area contributed by atoms with Gasteiger partial charge in [-0.3, -0.25) is 19.1 Å². The summed E-state index contributed by atoms with van der Waals surface area (Å²) >= 11 is 0. The van der Waals surface area contributed by atoms with Crippen LogP contribution < -0.4 is 24.8 Å². The number of carbonyl (C=O) groups is 4. The molecule has 50 heavy (non-hydrogen) atoms. The van der Waals surface area contributed by atoms with E-state index >= 15 is 0 Å². The number of ether oxygens (including phenoxy) is 2. The molecule has 7 atom stereocenters. The number of nitrogens with zero attached hydrogens (tertiary/aromatic N) is 2. The second-order valence-electron chi connectivity index (χ2n) is 14.5. The number of hydrogen-bond acceptors (Lipinski definition) is 9. The molecular formula is C35H45N5O9S. The van der Waals surface area contributed by atoms with Crippen molar-refractivity contribution in [2.24, 2.45) is 17.8 Å². The first kappa shape index (κ1) is 35.4. The third kappa shape index (κ3) is 6.83. The molecule has 2 aliphatic carbocycles. The van der Waals surface area contributed by atoms with Crippen molar-refractivity contribution in [3.63, 3.8) is 0 Å². The number of sulfonamides is 1. The highest BCUT2D eigenvalue weighted by Crippen LogP contribution is 2.48. The summed E-state index contributed by atoms with van der Waals surface area (Å²) in [5.74, 6) is -2.03. The quantitative estimate of drug-likeness (QED) is 0.310. The number of nitrogens with one attached hydrogen (secondary N) is 3. The second kappa shape index (κ2) is 13.4. The molecule has 2 aromatic rings. The van der Waals surface area contributed by atoms with Gasteiger partial charge in [0.2, 0.25) is 27.7 Å². The SMILES string of the molecule is COc1cnc(O[C@@H]2C[C@H]3C(=O)N[C@]4(C(=O)NS(=O)(=O)C5(C)CC5)C[C@H]4C=C[C@H](C)CCC[C@@H](C)[C@H](NC(=O)O)C(=O)N3C2)c2ccccc12. The van der Waals surface area contributed by atoms with Gasteiger partial charge in [0.05, 0.1) is 24.6 Å². The zero-order valence-electron chi connectivity index (χ0n) is 28.7. The molecule has 0 bridgehead atoms. The van der Waals surface area contributed by atoms with Crippen LogP contribution in [-0.2, 0) is 24.4 Å². The van der Waals surface area contributed by atoms with Gasteiger partial charge < -0.3 is 30.1 Å². The monoisotopic (exact) mass is 711 g/mol. The number of benzene rings is 1. The molecule has 4 aliphatic rings. The van der Waals surface area contributed by atoms with Crippen LogP contribution in [0.2, 0.25) is 0 Å². The number of fused-ring (bicyclic) bond motifs is 3. The molecule has 2 aliphatic heterocycles. The molecule has 1 aromatic carbocycles. The Morgan fingerprint density at radius 1 is 1.10 bits per heavy atom.